The fourth-order valence-electron chi connectivity index (χ4n) is 4.23. The first-order valence-electron chi connectivity index (χ1n) is 13.3. The molecular formula is C28H52N+. The quantitative estimate of drug-likeness (QED) is 0.143. The second-order valence-electron chi connectivity index (χ2n) is 9.20. The van der Waals surface area contributed by atoms with Crippen LogP contribution < -0.4 is 4.57 Å². The molecular weight excluding hydrogens is 350 g/mol. The van der Waals surface area contributed by atoms with E-state index in [2.05, 4.69) is 42.9 Å². The van der Waals surface area contributed by atoms with Crippen LogP contribution in [0.5, 0.6) is 0 Å². The van der Waals surface area contributed by atoms with Crippen LogP contribution in [0.15, 0.2) is 24.5 Å². The predicted octanol–water partition coefficient (Wildman–Crippen LogP) is 8.97. The molecule has 0 amide bonds. The van der Waals surface area contributed by atoms with Crippen molar-refractivity contribution in [2.75, 3.05) is 0 Å². The molecule has 1 aromatic rings. The topological polar surface area (TPSA) is 3.88 Å². The van der Waals surface area contributed by atoms with Gasteiger partial charge in [0, 0.05) is 18.6 Å². The molecule has 0 N–H and O–H groups in total. The summed E-state index contributed by atoms with van der Waals surface area (Å²) < 4.78 is 2.37. The highest BCUT2D eigenvalue weighted by Crippen LogP contribution is 2.13. The molecule has 0 saturated carbocycles. The van der Waals surface area contributed by atoms with Crippen molar-refractivity contribution in [2.45, 2.75) is 149 Å². The Labute approximate surface area is 183 Å². The Balaban J connectivity index is 1.85. The van der Waals surface area contributed by atoms with Gasteiger partial charge in [-0.2, -0.15) is 0 Å². The molecule has 168 valence electrons. The summed E-state index contributed by atoms with van der Waals surface area (Å²) in [6.45, 7) is 5.77. The molecule has 0 aliphatic rings. The SMILES string of the molecule is CCCCCCCCCCCCCCCCC[n+]1ccc(CCCCCC)cc1. The minimum absolute atomic E-state index is 1.19. The molecule has 0 bridgehead atoms. The van der Waals surface area contributed by atoms with Crippen LogP contribution in [0.4, 0.5) is 0 Å². The van der Waals surface area contributed by atoms with E-state index < -0.39 is 0 Å². The fraction of sp³-hybridized carbons (Fsp3) is 0.821. The number of rotatable bonds is 21. The Hall–Kier alpha value is -0.850. The van der Waals surface area contributed by atoms with Gasteiger partial charge in [-0.05, 0) is 24.8 Å². The maximum absolute atomic E-state index is 2.37. The van der Waals surface area contributed by atoms with Crippen LogP contribution >= 0.6 is 0 Å². The highest BCUT2D eigenvalue weighted by molar-refractivity contribution is 5.07. The molecule has 0 atom stereocenters. The monoisotopic (exact) mass is 402 g/mol. The first-order chi connectivity index (χ1) is 14.4. The summed E-state index contributed by atoms with van der Waals surface area (Å²) in [5.41, 5.74) is 1.51. The van der Waals surface area contributed by atoms with Crippen LogP contribution in [0.2, 0.25) is 0 Å². The molecule has 0 saturated heterocycles. The van der Waals surface area contributed by atoms with Gasteiger partial charge in [0.1, 0.15) is 6.54 Å². The van der Waals surface area contributed by atoms with E-state index in [0.29, 0.717) is 0 Å². The second kappa shape index (κ2) is 20.4. The fourth-order valence-corrected chi connectivity index (χ4v) is 4.23. The zero-order chi connectivity index (χ0) is 20.8. The van der Waals surface area contributed by atoms with Gasteiger partial charge in [0.05, 0.1) is 0 Å². The minimum atomic E-state index is 1.19. The molecule has 0 aliphatic heterocycles. The number of pyridine rings is 1. The Morgan fingerprint density at radius 2 is 0.862 bits per heavy atom. The van der Waals surface area contributed by atoms with E-state index in [0.717, 1.165) is 0 Å². The van der Waals surface area contributed by atoms with Crippen molar-refractivity contribution in [1.82, 2.24) is 0 Å². The first kappa shape index (κ1) is 26.2. The molecule has 0 unspecified atom stereocenters. The molecule has 0 aromatic carbocycles. The van der Waals surface area contributed by atoms with Crippen LogP contribution in [0.25, 0.3) is 0 Å². The van der Waals surface area contributed by atoms with Crippen LogP contribution in [0, 0.1) is 0 Å². The lowest BCUT2D eigenvalue weighted by Gasteiger charge is -2.03. The van der Waals surface area contributed by atoms with Crippen molar-refractivity contribution in [3.63, 3.8) is 0 Å². The van der Waals surface area contributed by atoms with Gasteiger partial charge in [0.15, 0.2) is 12.4 Å². The maximum atomic E-state index is 2.37. The molecule has 0 aliphatic carbocycles. The number of aryl methyl sites for hydroxylation is 2. The average molecular weight is 403 g/mol. The predicted molar refractivity (Wildman–Crippen MR) is 129 cm³/mol. The molecule has 0 spiro atoms. The molecule has 1 nitrogen and oxygen atoms in total. The zero-order valence-corrected chi connectivity index (χ0v) is 20.1. The molecule has 0 radical (unpaired) electrons. The number of hydrogen-bond donors (Lipinski definition) is 0. The lowest BCUT2D eigenvalue weighted by atomic mass is 10.0. The smallest absolute Gasteiger partial charge is 0.169 e. The Bertz CT molecular complexity index is 436. The van der Waals surface area contributed by atoms with Crippen LogP contribution in [0.1, 0.15) is 141 Å². The first-order valence-corrected chi connectivity index (χ1v) is 13.3. The van der Waals surface area contributed by atoms with Gasteiger partial charge in [0.25, 0.3) is 0 Å². The third-order valence-corrected chi connectivity index (χ3v) is 6.30. The number of nitrogens with zero attached hydrogens (tertiary/aromatic N) is 1. The van der Waals surface area contributed by atoms with E-state index in [-0.39, 0.29) is 0 Å². The molecule has 1 heterocycles. The van der Waals surface area contributed by atoms with E-state index in [1.165, 1.54) is 141 Å². The Morgan fingerprint density at radius 1 is 0.483 bits per heavy atom. The van der Waals surface area contributed by atoms with E-state index in [1.807, 2.05) is 0 Å². The van der Waals surface area contributed by atoms with E-state index in [4.69, 9.17) is 0 Å². The van der Waals surface area contributed by atoms with E-state index >= 15 is 0 Å². The minimum Gasteiger partial charge on any atom is -0.205 e. The summed E-state index contributed by atoms with van der Waals surface area (Å²) in [5, 5.41) is 0. The van der Waals surface area contributed by atoms with Crippen molar-refractivity contribution in [1.29, 1.82) is 0 Å². The van der Waals surface area contributed by atoms with Crippen molar-refractivity contribution >= 4 is 0 Å². The standard InChI is InChI=1S/C28H52N/c1-3-5-7-9-10-11-12-13-14-15-16-17-18-19-21-25-29-26-23-28(24-27-29)22-20-8-6-4-2/h23-24,26-27H,3-22,25H2,1-2H3/q+1. The van der Waals surface area contributed by atoms with Gasteiger partial charge in [0.2, 0.25) is 0 Å². The molecule has 0 fully saturated rings. The maximum Gasteiger partial charge on any atom is 0.169 e. The summed E-state index contributed by atoms with van der Waals surface area (Å²) in [7, 11) is 0. The Morgan fingerprint density at radius 3 is 1.31 bits per heavy atom. The molecule has 1 aromatic heterocycles. The van der Waals surface area contributed by atoms with Gasteiger partial charge >= 0.3 is 0 Å². The zero-order valence-electron chi connectivity index (χ0n) is 20.1. The lowest BCUT2D eigenvalue weighted by Crippen LogP contribution is -2.32. The largest absolute Gasteiger partial charge is 0.205 e. The Kier molecular flexibility index (Phi) is 18.4. The normalized spacial score (nSPS) is 11.2. The third-order valence-electron chi connectivity index (χ3n) is 6.30. The molecule has 1 heteroatoms. The van der Waals surface area contributed by atoms with Crippen molar-refractivity contribution in [3.8, 4) is 0 Å². The number of unbranched alkanes of at least 4 members (excludes halogenated alkanes) is 17. The summed E-state index contributed by atoms with van der Waals surface area (Å²) in [4.78, 5) is 0. The van der Waals surface area contributed by atoms with Crippen LogP contribution in [-0.4, -0.2) is 0 Å². The van der Waals surface area contributed by atoms with Crippen molar-refractivity contribution in [3.05, 3.63) is 30.1 Å². The van der Waals surface area contributed by atoms with Crippen molar-refractivity contribution < 1.29 is 4.57 Å². The van der Waals surface area contributed by atoms with Crippen LogP contribution in [-0.2, 0) is 13.0 Å². The van der Waals surface area contributed by atoms with Gasteiger partial charge in [-0.3, -0.25) is 0 Å². The van der Waals surface area contributed by atoms with Gasteiger partial charge in [-0.1, -0.05) is 117 Å². The molecule has 29 heavy (non-hydrogen) atoms. The van der Waals surface area contributed by atoms with E-state index in [1.54, 1.807) is 0 Å². The van der Waals surface area contributed by atoms with Crippen molar-refractivity contribution in [2.24, 2.45) is 0 Å². The summed E-state index contributed by atoms with van der Waals surface area (Å²) in [6.07, 6.45) is 32.9. The number of aromatic nitrogens is 1. The number of hydrogen-bond acceptors (Lipinski definition) is 0. The average Bonchev–Trinajstić information content (AvgIpc) is 2.75. The molecule has 1 rings (SSSR count). The third kappa shape index (κ3) is 16.6. The highest BCUT2D eigenvalue weighted by atomic mass is 14.9. The van der Waals surface area contributed by atoms with Gasteiger partial charge < -0.3 is 0 Å². The van der Waals surface area contributed by atoms with Gasteiger partial charge in [-0.15, -0.1) is 0 Å². The van der Waals surface area contributed by atoms with E-state index in [9.17, 15) is 0 Å². The van der Waals surface area contributed by atoms with Crippen LogP contribution in [0.3, 0.4) is 0 Å². The summed E-state index contributed by atoms with van der Waals surface area (Å²) in [6, 6.07) is 4.66. The second-order valence-corrected chi connectivity index (χ2v) is 9.20. The highest BCUT2D eigenvalue weighted by Gasteiger charge is 2.01. The summed E-state index contributed by atoms with van der Waals surface area (Å²) >= 11 is 0. The van der Waals surface area contributed by atoms with Gasteiger partial charge in [-0.25, -0.2) is 4.57 Å². The summed E-state index contributed by atoms with van der Waals surface area (Å²) in [5.74, 6) is 0. The lowest BCUT2D eigenvalue weighted by molar-refractivity contribution is -0.697.